The fourth-order valence-corrected chi connectivity index (χ4v) is 5.06. The van der Waals surface area contributed by atoms with Crippen molar-refractivity contribution in [3.8, 4) is 0 Å². The summed E-state index contributed by atoms with van der Waals surface area (Å²) in [5, 5.41) is 0. The van der Waals surface area contributed by atoms with Crippen LogP contribution in [0.15, 0.2) is 0 Å². The molecule has 3 rings (SSSR count). The van der Waals surface area contributed by atoms with E-state index in [1.807, 2.05) is 0 Å². The summed E-state index contributed by atoms with van der Waals surface area (Å²) in [6.07, 6.45) is 9.61. The summed E-state index contributed by atoms with van der Waals surface area (Å²) in [4.78, 5) is 0. The fourth-order valence-electron chi connectivity index (χ4n) is 5.06. The van der Waals surface area contributed by atoms with Crippen LogP contribution < -0.4 is 0 Å². The van der Waals surface area contributed by atoms with Crippen LogP contribution in [0.5, 0.6) is 0 Å². The molecule has 0 aromatic carbocycles. The van der Waals surface area contributed by atoms with Crippen LogP contribution >= 0.6 is 0 Å². The Morgan fingerprint density at radius 3 is 1.42 bits per heavy atom. The molecule has 0 heterocycles. The first-order valence-corrected chi connectivity index (χ1v) is 7.84. The Balaban J connectivity index is 1.59. The van der Waals surface area contributed by atoms with E-state index < -0.39 is 6.17 Å². The van der Waals surface area contributed by atoms with Gasteiger partial charge in [0, 0.05) is 25.0 Å². The summed E-state index contributed by atoms with van der Waals surface area (Å²) in [5.74, 6) is 0. The molecule has 0 aromatic rings. The minimum atomic E-state index is -0.574. The Morgan fingerprint density at radius 2 is 1.16 bits per heavy atom. The lowest BCUT2D eigenvalue weighted by molar-refractivity contribution is -0.194. The number of halogens is 1. The molecule has 3 fully saturated rings. The molecule has 0 unspecified atom stereocenters. The van der Waals surface area contributed by atoms with Crippen LogP contribution in [0.25, 0.3) is 0 Å². The molecule has 0 aliphatic heterocycles. The number of hydrogen-bond donors (Lipinski definition) is 0. The van der Waals surface area contributed by atoms with Crippen LogP contribution in [0.1, 0.15) is 57.8 Å². The van der Waals surface area contributed by atoms with Gasteiger partial charge in [-0.15, -0.1) is 0 Å². The minimum Gasteiger partial charge on any atom is -0.381 e. The number of alkyl halides is 1. The summed E-state index contributed by atoms with van der Waals surface area (Å²) in [6.45, 7) is 0. The van der Waals surface area contributed by atoms with Crippen LogP contribution in [0.3, 0.4) is 0 Å². The highest BCUT2D eigenvalue weighted by Gasteiger charge is 2.64. The summed E-state index contributed by atoms with van der Waals surface area (Å²) < 4.78 is 25.8. The summed E-state index contributed by atoms with van der Waals surface area (Å²) in [6, 6.07) is 0. The van der Waals surface area contributed by atoms with Gasteiger partial charge in [0.2, 0.25) is 0 Å². The molecule has 0 bridgehead atoms. The van der Waals surface area contributed by atoms with Crippen LogP contribution in [-0.2, 0) is 9.47 Å². The van der Waals surface area contributed by atoms with E-state index in [0.29, 0.717) is 12.2 Å². The smallest absolute Gasteiger partial charge is 0.111 e. The molecule has 19 heavy (non-hydrogen) atoms. The largest absolute Gasteiger partial charge is 0.381 e. The fraction of sp³-hybridized carbons (Fsp3) is 1.00. The second kappa shape index (κ2) is 5.00. The maximum atomic E-state index is 15.0. The first kappa shape index (κ1) is 13.8. The van der Waals surface area contributed by atoms with Crippen LogP contribution in [0, 0.1) is 10.8 Å². The molecule has 0 aromatic heterocycles. The molecular formula is C16H27FO2. The van der Waals surface area contributed by atoms with Crippen molar-refractivity contribution in [2.75, 3.05) is 14.2 Å². The standard InChI is InChI=1S/C16H27FO2/c1-18-12-3-7-15(8-4-12)11-16(14(15)17)9-5-13(19-2)6-10-16/h12-14H,3-11H2,1-2H3. The van der Waals surface area contributed by atoms with Crippen molar-refractivity contribution in [1.29, 1.82) is 0 Å². The molecule has 0 radical (unpaired) electrons. The number of ether oxygens (including phenoxy) is 2. The predicted molar refractivity (Wildman–Crippen MR) is 72.9 cm³/mol. The molecule has 3 heteroatoms. The van der Waals surface area contributed by atoms with Crippen LogP contribution in [0.4, 0.5) is 4.39 Å². The Bertz CT molecular complexity index is 285. The second-order valence-electron chi connectivity index (χ2n) is 7.13. The van der Waals surface area contributed by atoms with Crippen molar-refractivity contribution in [2.45, 2.75) is 76.2 Å². The maximum absolute atomic E-state index is 15.0. The van der Waals surface area contributed by atoms with Gasteiger partial charge in [0.05, 0.1) is 12.2 Å². The van der Waals surface area contributed by atoms with Crippen LogP contribution in [-0.4, -0.2) is 32.6 Å². The highest BCUT2D eigenvalue weighted by Crippen LogP contribution is 2.67. The number of rotatable bonds is 2. The molecule has 3 saturated carbocycles. The SMILES string of the molecule is COC1CCC2(CC1)CC1(CCC(OC)CC1)C2F. The van der Waals surface area contributed by atoms with Crippen molar-refractivity contribution in [1.82, 2.24) is 0 Å². The average Bonchev–Trinajstić information content (AvgIpc) is 2.48. The normalized spacial score (nSPS) is 50.4. The Kier molecular flexibility index (Phi) is 3.63. The summed E-state index contributed by atoms with van der Waals surface area (Å²) in [5.41, 5.74) is 0.0177. The minimum absolute atomic E-state index is 0.00887. The Morgan fingerprint density at radius 1 is 0.789 bits per heavy atom. The quantitative estimate of drug-likeness (QED) is 0.758. The maximum Gasteiger partial charge on any atom is 0.111 e. The third-order valence-corrected chi connectivity index (χ3v) is 6.30. The first-order valence-electron chi connectivity index (χ1n) is 7.84. The zero-order chi connectivity index (χ0) is 13.5. The van der Waals surface area contributed by atoms with E-state index in [2.05, 4.69) is 0 Å². The third kappa shape index (κ3) is 2.13. The molecule has 0 saturated heterocycles. The first-order chi connectivity index (χ1) is 9.14. The second-order valence-corrected chi connectivity index (χ2v) is 7.13. The van der Waals surface area contributed by atoms with Gasteiger partial charge in [0.25, 0.3) is 0 Å². The van der Waals surface area contributed by atoms with E-state index in [1.165, 1.54) is 0 Å². The molecule has 3 aliphatic rings. The summed E-state index contributed by atoms with van der Waals surface area (Å²) in [7, 11) is 3.56. The average molecular weight is 270 g/mol. The lowest BCUT2D eigenvalue weighted by Gasteiger charge is -2.63. The van der Waals surface area contributed by atoms with Gasteiger partial charge in [-0.25, -0.2) is 4.39 Å². The lowest BCUT2D eigenvalue weighted by Crippen LogP contribution is -2.61. The zero-order valence-corrected chi connectivity index (χ0v) is 12.3. The molecule has 2 nitrogen and oxygen atoms in total. The molecule has 0 atom stereocenters. The summed E-state index contributed by atoms with van der Waals surface area (Å²) >= 11 is 0. The molecule has 0 N–H and O–H groups in total. The topological polar surface area (TPSA) is 18.5 Å². The zero-order valence-electron chi connectivity index (χ0n) is 12.3. The van der Waals surface area contributed by atoms with Gasteiger partial charge in [-0.1, -0.05) is 0 Å². The van der Waals surface area contributed by atoms with Crippen LogP contribution in [0.2, 0.25) is 0 Å². The van der Waals surface area contributed by atoms with Gasteiger partial charge < -0.3 is 9.47 Å². The monoisotopic (exact) mass is 270 g/mol. The van der Waals surface area contributed by atoms with Gasteiger partial charge in [-0.2, -0.15) is 0 Å². The van der Waals surface area contributed by atoms with Gasteiger partial charge >= 0.3 is 0 Å². The molecular weight excluding hydrogens is 243 g/mol. The number of methoxy groups -OCH3 is 2. The lowest BCUT2D eigenvalue weighted by atomic mass is 9.43. The Hall–Kier alpha value is -0.150. The molecule has 3 aliphatic carbocycles. The van der Waals surface area contributed by atoms with Crippen molar-refractivity contribution in [3.63, 3.8) is 0 Å². The van der Waals surface area contributed by atoms with Crippen molar-refractivity contribution < 1.29 is 13.9 Å². The van der Waals surface area contributed by atoms with E-state index in [-0.39, 0.29) is 10.8 Å². The van der Waals surface area contributed by atoms with Crippen molar-refractivity contribution in [3.05, 3.63) is 0 Å². The van der Waals surface area contributed by atoms with Crippen molar-refractivity contribution >= 4 is 0 Å². The van der Waals surface area contributed by atoms with E-state index in [0.717, 1.165) is 57.8 Å². The Labute approximate surface area is 116 Å². The highest BCUT2D eigenvalue weighted by molar-refractivity contribution is 5.13. The van der Waals surface area contributed by atoms with E-state index in [9.17, 15) is 4.39 Å². The van der Waals surface area contributed by atoms with Gasteiger partial charge in [0.1, 0.15) is 6.17 Å². The van der Waals surface area contributed by atoms with E-state index in [4.69, 9.17) is 9.47 Å². The molecule has 110 valence electrons. The van der Waals surface area contributed by atoms with E-state index in [1.54, 1.807) is 14.2 Å². The van der Waals surface area contributed by atoms with Gasteiger partial charge in [0.15, 0.2) is 0 Å². The predicted octanol–water partition coefficient (Wildman–Crippen LogP) is 3.88. The number of hydrogen-bond acceptors (Lipinski definition) is 2. The van der Waals surface area contributed by atoms with Gasteiger partial charge in [-0.3, -0.25) is 0 Å². The molecule has 2 spiro atoms. The van der Waals surface area contributed by atoms with Gasteiger partial charge in [-0.05, 0) is 57.8 Å². The highest BCUT2D eigenvalue weighted by atomic mass is 19.1. The van der Waals surface area contributed by atoms with Crippen molar-refractivity contribution in [2.24, 2.45) is 10.8 Å². The molecule has 0 amide bonds. The third-order valence-electron chi connectivity index (χ3n) is 6.30. The van der Waals surface area contributed by atoms with E-state index >= 15 is 0 Å².